The van der Waals surface area contributed by atoms with Crippen LogP contribution in [-0.4, -0.2) is 19.1 Å². The molecule has 270 valence electrons. The summed E-state index contributed by atoms with van der Waals surface area (Å²) in [5, 5.41) is 9.65. The minimum atomic E-state index is 0.699. The molecule has 0 saturated heterocycles. The number of nitrogens with zero attached hydrogens (tertiary/aromatic N) is 4. The zero-order valence-electron chi connectivity index (χ0n) is 31.4. The van der Waals surface area contributed by atoms with Gasteiger partial charge < -0.3 is 9.13 Å². The van der Waals surface area contributed by atoms with E-state index in [1.54, 1.807) is 0 Å². The third-order valence-electron chi connectivity index (χ3n) is 11.7. The first kappa shape index (κ1) is 32.4. The highest BCUT2D eigenvalue weighted by Gasteiger charge is 2.20. The van der Waals surface area contributed by atoms with Gasteiger partial charge in [-0.3, -0.25) is 0 Å². The molecule has 0 aliphatic rings. The summed E-state index contributed by atoms with van der Waals surface area (Å²) < 4.78 is 4.85. The van der Waals surface area contributed by atoms with E-state index in [0.717, 1.165) is 50.2 Å². The predicted molar refractivity (Wildman–Crippen MR) is 242 cm³/mol. The quantitative estimate of drug-likeness (QED) is 0.176. The van der Waals surface area contributed by atoms with Crippen molar-refractivity contribution < 1.29 is 0 Å². The molecule has 0 radical (unpaired) electrons. The molecule has 0 spiro atoms. The number of hydrogen-bond acceptors (Lipinski definition) is 2. The molecule has 0 unspecified atom stereocenters. The molecule has 0 fully saturated rings. The summed E-state index contributed by atoms with van der Waals surface area (Å²) in [6, 6.07) is 73.8. The maximum absolute atomic E-state index is 5.23. The zero-order chi connectivity index (χ0) is 38.2. The fraction of sp³-hybridized carbons (Fsp3) is 0. The second-order valence-electron chi connectivity index (χ2n) is 15.0. The molecule has 0 aliphatic heterocycles. The van der Waals surface area contributed by atoms with Crippen molar-refractivity contribution >= 4 is 65.2 Å². The van der Waals surface area contributed by atoms with Gasteiger partial charge in [-0.2, -0.15) is 0 Å². The van der Waals surface area contributed by atoms with Gasteiger partial charge in [-0.25, -0.2) is 9.97 Å². The average Bonchev–Trinajstić information content (AvgIpc) is 3.80. The third-order valence-corrected chi connectivity index (χ3v) is 11.7. The van der Waals surface area contributed by atoms with Crippen LogP contribution in [0.5, 0.6) is 0 Å². The van der Waals surface area contributed by atoms with Gasteiger partial charge in [0.2, 0.25) is 0 Å². The molecule has 4 nitrogen and oxygen atoms in total. The van der Waals surface area contributed by atoms with Crippen LogP contribution in [0.25, 0.3) is 110 Å². The van der Waals surface area contributed by atoms with Crippen LogP contribution in [0.1, 0.15) is 0 Å². The minimum absolute atomic E-state index is 0.699. The first-order chi connectivity index (χ1) is 28.7. The van der Waals surface area contributed by atoms with E-state index in [0.29, 0.717) is 5.82 Å². The van der Waals surface area contributed by atoms with E-state index in [9.17, 15) is 0 Å². The molecular formula is C54H34N4. The van der Waals surface area contributed by atoms with Gasteiger partial charge in [0.25, 0.3) is 0 Å². The second kappa shape index (κ2) is 12.9. The second-order valence-corrected chi connectivity index (χ2v) is 15.0. The van der Waals surface area contributed by atoms with Crippen LogP contribution in [-0.2, 0) is 0 Å². The number of para-hydroxylation sites is 3. The van der Waals surface area contributed by atoms with Gasteiger partial charge in [-0.05, 0) is 76.8 Å². The standard InChI is InChI=1S/C54H34N4/c1-3-15-36(16-4-1)47-33-48(39-27-26-35-14-7-8-17-37(35)30-39)56-54(55-47)40-28-29-42-38(31-40)18-13-25-49(42)58-51-24-12-10-22-44(51)46-32-45-43-21-9-11-23-50(43)57(52(45)34-53(46)58)41-19-5-2-6-20-41/h1-34H. The summed E-state index contributed by atoms with van der Waals surface area (Å²) in [7, 11) is 0. The summed E-state index contributed by atoms with van der Waals surface area (Å²) in [5.41, 5.74) is 11.9. The summed E-state index contributed by atoms with van der Waals surface area (Å²) in [4.78, 5) is 10.4. The Morgan fingerprint density at radius 3 is 1.66 bits per heavy atom. The Hall–Kier alpha value is -7.82. The smallest absolute Gasteiger partial charge is 0.160 e. The largest absolute Gasteiger partial charge is 0.309 e. The lowest BCUT2D eigenvalue weighted by atomic mass is 10.0. The van der Waals surface area contributed by atoms with E-state index in [4.69, 9.17) is 9.97 Å². The molecule has 0 amide bonds. The first-order valence-corrected chi connectivity index (χ1v) is 19.7. The number of hydrogen-bond donors (Lipinski definition) is 0. The van der Waals surface area contributed by atoms with E-state index in [-0.39, 0.29) is 0 Å². The number of benzene rings is 9. The molecule has 3 aromatic heterocycles. The molecule has 0 aliphatic carbocycles. The normalized spacial score (nSPS) is 11.8. The molecule has 12 rings (SSSR count). The Labute approximate surface area is 334 Å². The third kappa shape index (κ3) is 5.09. The van der Waals surface area contributed by atoms with Crippen molar-refractivity contribution in [2.24, 2.45) is 0 Å². The zero-order valence-corrected chi connectivity index (χ0v) is 31.4. The summed E-state index contributed by atoms with van der Waals surface area (Å²) >= 11 is 0. The lowest BCUT2D eigenvalue weighted by Crippen LogP contribution is -1.98. The van der Waals surface area contributed by atoms with Gasteiger partial charge in [0.05, 0.1) is 39.1 Å². The lowest BCUT2D eigenvalue weighted by Gasteiger charge is -2.14. The van der Waals surface area contributed by atoms with Gasteiger partial charge in [-0.1, -0.05) is 146 Å². The molecule has 0 bridgehead atoms. The molecule has 0 N–H and O–H groups in total. The van der Waals surface area contributed by atoms with Gasteiger partial charge in [-0.15, -0.1) is 0 Å². The fourth-order valence-corrected chi connectivity index (χ4v) is 8.98. The van der Waals surface area contributed by atoms with Crippen LogP contribution >= 0.6 is 0 Å². The van der Waals surface area contributed by atoms with Crippen molar-refractivity contribution in [1.82, 2.24) is 19.1 Å². The highest BCUT2D eigenvalue weighted by molar-refractivity contribution is 6.19. The summed E-state index contributed by atoms with van der Waals surface area (Å²) in [6.45, 7) is 0. The van der Waals surface area contributed by atoms with Crippen LogP contribution in [0.3, 0.4) is 0 Å². The first-order valence-electron chi connectivity index (χ1n) is 19.7. The van der Waals surface area contributed by atoms with E-state index >= 15 is 0 Å². The van der Waals surface area contributed by atoms with Crippen molar-refractivity contribution in [2.45, 2.75) is 0 Å². The molecule has 9 aromatic carbocycles. The van der Waals surface area contributed by atoms with Crippen LogP contribution in [0.2, 0.25) is 0 Å². The molecule has 0 atom stereocenters. The van der Waals surface area contributed by atoms with Crippen molar-refractivity contribution in [3.63, 3.8) is 0 Å². The van der Waals surface area contributed by atoms with Crippen molar-refractivity contribution in [3.05, 3.63) is 206 Å². The van der Waals surface area contributed by atoms with Gasteiger partial charge in [0.1, 0.15) is 0 Å². The monoisotopic (exact) mass is 738 g/mol. The molecule has 0 saturated carbocycles. The Balaban J connectivity index is 1.06. The van der Waals surface area contributed by atoms with Crippen molar-refractivity contribution in [3.8, 4) is 45.3 Å². The van der Waals surface area contributed by atoms with E-state index in [1.807, 2.05) is 6.07 Å². The minimum Gasteiger partial charge on any atom is -0.309 e. The Bertz CT molecular complexity index is 3560. The maximum Gasteiger partial charge on any atom is 0.160 e. The highest BCUT2D eigenvalue weighted by Crippen LogP contribution is 2.41. The molecular weight excluding hydrogens is 705 g/mol. The van der Waals surface area contributed by atoms with E-state index in [2.05, 4.69) is 209 Å². The molecule has 4 heteroatoms. The summed E-state index contributed by atoms with van der Waals surface area (Å²) in [5.74, 6) is 0.699. The molecule has 58 heavy (non-hydrogen) atoms. The predicted octanol–water partition coefficient (Wildman–Crippen LogP) is 14.0. The summed E-state index contributed by atoms with van der Waals surface area (Å²) in [6.07, 6.45) is 0. The van der Waals surface area contributed by atoms with Crippen LogP contribution in [0, 0.1) is 0 Å². The Kier molecular flexibility index (Phi) is 7.20. The molecule has 3 heterocycles. The molecule has 12 aromatic rings. The topological polar surface area (TPSA) is 35.6 Å². The van der Waals surface area contributed by atoms with Crippen LogP contribution in [0.4, 0.5) is 0 Å². The number of aromatic nitrogens is 4. The highest BCUT2D eigenvalue weighted by atomic mass is 15.0. The van der Waals surface area contributed by atoms with Crippen molar-refractivity contribution in [1.29, 1.82) is 0 Å². The van der Waals surface area contributed by atoms with Gasteiger partial charge in [0.15, 0.2) is 5.82 Å². The number of fused-ring (bicyclic) bond motifs is 8. The van der Waals surface area contributed by atoms with Crippen LogP contribution in [0.15, 0.2) is 206 Å². The Morgan fingerprint density at radius 2 is 0.879 bits per heavy atom. The average molecular weight is 739 g/mol. The number of rotatable bonds is 5. The van der Waals surface area contributed by atoms with Crippen molar-refractivity contribution in [2.75, 3.05) is 0 Å². The Morgan fingerprint density at radius 1 is 0.293 bits per heavy atom. The maximum atomic E-state index is 5.23. The lowest BCUT2D eigenvalue weighted by molar-refractivity contribution is 1.17. The van der Waals surface area contributed by atoms with Gasteiger partial charge in [0, 0.05) is 49.3 Å². The fourth-order valence-electron chi connectivity index (χ4n) is 8.98. The SMILES string of the molecule is c1ccc(-c2cc(-c3ccc4ccccc4c3)nc(-c3ccc4c(-n5c6ccccc6c6cc7c8ccccc8n(-c8ccccc8)c7cc65)cccc4c3)n2)cc1. The van der Waals surface area contributed by atoms with E-state index < -0.39 is 0 Å². The van der Waals surface area contributed by atoms with Gasteiger partial charge >= 0.3 is 0 Å². The van der Waals surface area contributed by atoms with Crippen LogP contribution < -0.4 is 0 Å². The van der Waals surface area contributed by atoms with E-state index in [1.165, 1.54) is 54.4 Å².